The number of amides is 2. The van der Waals surface area contributed by atoms with E-state index in [1.165, 1.54) is 16.0 Å². The molecule has 6 aliphatic rings. The summed E-state index contributed by atoms with van der Waals surface area (Å²) < 4.78 is 61.4. The molecule has 13 nitrogen and oxygen atoms in total. The molecule has 16 heteroatoms. The molecular weight excluding hydrogens is 739 g/mol. The summed E-state index contributed by atoms with van der Waals surface area (Å²) in [4.78, 5) is 63.2. The number of halogens is 3. The maximum absolute atomic E-state index is 15.3. The third-order valence-electron chi connectivity index (χ3n) is 11.8. The SMILES string of the molecule is CN(C(=O)[C@@]12C[C@H]3OC(=O)[C@@H]1N(Cc1ccc(C=CC(=O)OCC(F)(F)F)cc1)O[C@@H]2[C@H]1OC(C2CC2)(C2CC2)O[C@H]13)[C@H](Cc1ccccc1)C(=O)NCCO. The summed E-state index contributed by atoms with van der Waals surface area (Å²) in [6, 6.07) is 13.7. The first kappa shape index (κ1) is 38.5. The van der Waals surface area contributed by atoms with Crippen molar-refractivity contribution in [3.63, 3.8) is 0 Å². The van der Waals surface area contributed by atoms with Crippen LogP contribution in [0, 0.1) is 17.3 Å². The molecule has 3 aliphatic heterocycles. The first-order valence-corrected chi connectivity index (χ1v) is 19.0. The van der Waals surface area contributed by atoms with E-state index in [1.807, 2.05) is 30.3 Å². The highest BCUT2D eigenvalue weighted by Gasteiger charge is 2.78. The zero-order valence-electron chi connectivity index (χ0n) is 30.7. The van der Waals surface area contributed by atoms with Gasteiger partial charge in [-0.05, 0) is 48.4 Å². The van der Waals surface area contributed by atoms with Gasteiger partial charge in [0, 0.05) is 44.3 Å². The number of nitrogens with zero attached hydrogens (tertiary/aromatic N) is 2. The molecule has 3 aliphatic carbocycles. The van der Waals surface area contributed by atoms with Gasteiger partial charge in [-0.3, -0.25) is 19.2 Å². The highest BCUT2D eigenvalue weighted by Crippen LogP contribution is 2.64. The lowest BCUT2D eigenvalue weighted by atomic mass is 9.62. The van der Waals surface area contributed by atoms with Crippen molar-refractivity contribution in [1.82, 2.24) is 15.3 Å². The Labute approximate surface area is 321 Å². The number of carbonyl (C=O) groups excluding carboxylic acids is 4. The van der Waals surface area contributed by atoms with Crippen LogP contribution in [0.15, 0.2) is 60.7 Å². The van der Waals surface area contributed by atoms with E-state index in [1.54, 1.807) is 31.3 Å². The standard InChI is InChI=1S/C40H44F3N3O10/c1-45(28(35(49)44-17-18-47)19-24-5-3-2-4-6-24)37(51)38-20-29-31-32(55-40(54-31,26-12-13-26)27-14-15-27)34(38)56-46(33(38)36(50)53-29)21-25-9-7-23(8-10-25)11-16-30(48)52-22-39(41,42)43/h2-11,16,26-29,31-34,47H,12-15,17-22H2,1H3,(H,44,49)/t28-,29-,31+,32+,33+,34-,38+/m1/s1. The minimum atomic E-state index is -4.64. The lowest BCUT2D eigenvalue weighted by Crippen LogP contribution is -2.70. The van der Waals surface area contributed by atoms with Crippen LogP contribution in [0.1, 0.15) is 48.8 Å². The average Bonchev–Trinajstić information content (AvgIpc) is 4.13. The fourth-order valence-electron chi connectivity index (χ4n) is 8.94. The summed E-state index contributed by atoms with van der Waals surface area (Å²) in [6.07, 6.45) is -1.61. The molecule has 3 saturated carbocycles. The molecule has 0 radical (unpaired) electrons. The fraction of sp³-hybridized carbons (Fsp3) is 0.550. The Balaban J connectivity index is 1.10. The molecule has 8 rings (SSSR count). The van der Waals surface area contributed by atoms with Gasteiger partial charge in [0.1, 0.15) is 35.9 Å². The van der Waals surface area contributed by atoms with Crippen LogP contribution >= 0.6 is 0 Å². The van der Waals surface area contributed by atoms with E-state index < -0.39 is 84.2 Å². The van der Waals surface area contributed by atoms with Gasteiger partial charge in [-0.25, -0.2) is 4.79 Å². The predicted octanol–water partition coefficient (Wildman–Crippen LogP) is 3.08. The van der Waals surface area contributed by atoms with Crippen molar-refractivity contribution in [2.45, 2.75) is 93.5 Å². The number of benzene rings is 2. The third kappa shape index (κ3) is 7.21. The number of hydrogen-bond donors (Lipinski definition) is 2. The lowest BCUT2D eigenvalue weighted by Gasteiger charge is -2.50. The van der Waals surface area contributed by atoms with Crippen LogP contribution in [0.4, 0.5) is 13.2 Å². The molecule has 56 heavy (non-hydrogen) atoms. The highest BCUT2D eigenvalue weighted by molar-refractivity contribution is 5.96. The van der Waals surface area contributed by atoms with Crippen LogP contribution in [0.3, 0.4) is 0 Å². The molecule has 2 aromatic carbocycles. The molecule has 2 bridgehead atoms. The van der Waals surface area contributed by atoms with Crippen molar-refractivity contribution in [1.29, 1.82) is 0 Å². The van der Waals surface area contributed by atoms with E-state index in [-0.39, 0.29) is 44.4 Å². The molecule has 6 fully saturated rings. The van der Waals surface area contributed by atoms with Crippen LogP contribution in [0.2, 0.25) is 0 Å². The number of hydrogen-bond acceptors (Lipinski definition) is 11. The zero-order chi connectivity index (χ0) is 39.4. The third-order valence-corrected chi connectivity index (χ3v) is 11.8. The molecular formula is C40H44F3N3O10. The number of alkyl halides is 3. The van der Waals surface area contributed by atoms with Crippen LogP contribution < -0.4 is 5.32 Å². The highest BCUT2D eigenvalue weighted by atomic mass is 19.4. The smallest absolute Gasteiger partial charge is 0.422 e. The van der Waals surface area contributed by atoms with Gasteiger partial charge in [-0.15, -0.1) is 0 Å². The van der Waals surface area contributed by atoms with E-state index in [2.05, 4.69) is 10.1 Å². The molecule has 3 heterocycles. The van der Waals surface area contributed by atoms with Crippen LogP contribution in [-0.2, 0) is 55.9 Å². The number of aliphatic hydroxyl groups is 1. The van der Waals surface area contributed by atoms with Crippen molar-refractivity contribution in [3.8, 4) is 0 Å². The number of nitrogens with one attached hydrogen (secondary N) is 1. The van der Waals surface area contributed by atoms with Gasteiger partial charge < -0.3 is 34.3 Å². The van der Waals surface area contributed by atoms with Crippen LogP contribution in [0.5, 0.6) is 0 Å². The zero-order valence-corrected chi connectivity index (χ0v) is 30.7. The van der Waals surface area contributed by atoms with Crippen molar-refractivity contribution in [2.75, 3.05) is 26.8 Å². The average molecular weight is 784 g/mol. The van der Waals surface area contributed by atoms with Gasteiger partial charge in [-0.1, -0.05) is 54.6 Å². The second-order valence-electron chi connectivity index (χ2n) is 15.6. The van der Waals surface area contributed by atoms with E-state index in [0.717, 1.165) is 37.3 Å². The molecule has 0 spiro atoms. The maximum atomic E-state index is 15.3. The Morgan fingerprint density at radius 3 is 2.34 bits per heavy atom. The number of esters is 2. The number of aliphatic hydroxyl groups excluding tert-OH is 1. The minimum Gasteiger partial charge on any atom is -0.458 e. The molecule has 0 unspecified atom stereocenters. The molecule has 2 N–H and O–H groups in total. The second kappa shape index (κ2) is 14.9. The summed E-state index contributed by atoms with van der Waals surface area (Å²) >= 11 is 0. The fourth-order valence-corrected chi connectivity index (χ4v) is 8.94. The Bertz CT molecular complexity index is 1840. The second-order valence-corrected chi connectivity index (χ2v) is 15.6. The quantitative estimate of drug-likeness (QED) is 0.215. The molecule has 2 aromatic rings. The van der Waals surface area contributed by atoms with E-state index in [9.17, 15) is 32.7 Å². The largest absolute Gasteiger partial charge is 0.458 e. The Morgan fingerprint density at radius 2 is 1.70 bits per heavy atom. The van der Waals surface area contributed by atoms with Gasteiger partial charge in [0.15, 0.2) is 18.4 Å². The van der Waals surface area contributed by atoms with E-state index in [0.29, 0.717) is 11.1 Å². The van der Waals surface area contributed by atoms with Crippen molar-refractivity contribution < 1.29 is 61.2 Å². The first-order valence-electron chi connectivity index (χ1n) is 19.0. The Kier molecular flexibility index (Phi) is 10.2. The lowest BCUT2D eigenvalue weighted by molar-refractivity contribution is -0.235. The predicted molar refractivity (Wildman–Crippen MR) is 188 cm³/mol. The van der Waals surface area contributed by atoms with Gasteiger partial charge in [0.2, 0.25) is 11.8 Å². The minimum absolute atomic E-state index is 0.0100. The maximum Gasteiger partial charge on any atom is 0.422 e. The normalized spacial score (nSPS) is 29.7. The molecule has 7 atom stereocenters. The van der Waals surface area contributed by atoms with Crippen molar-refractivity contribution in [3.05, 3.63) is 77.4 Å². The summed E-state index contributed by atoms with van der Waals surface area (Å²) in [6.45, 7) is -1.97. The topological polar surface area (TPSA) is 153 Å². The first-order chi connectivity index (χ1) is 26.8. The number of ether oxygens (including phenoxy) is 4. The van der Waals surface area contributed by atoms with Crippen LogP contribution in [-0.4, -0.2) is 114 Å². The van der Waals surface area contributed by atoms with Crippen molar-refractivity contribution in [2.24, 2.45) is 17.3 Å². The number of fused-ring (bicyclic) bond motifs is 4. The molecule has 3 saturated heterocycles. The van der Waals surface area contributed by atoms with E-state index in [4.69, 9.17) is 19.0 Å². The monoisotopic (exact) mass is 783 g/mol. The molecule has 0 aromatic heterocycles. The van der Waals surface area contributed by atoms with Gasteiger partial charge in [0.05, 0.1) is 13.2 Å². The number of rotatable bonds is 14. The summed E-state index contributed by atoms with van der Waals surface area (Å²) in [5.41, 5.74) is 0.430. The Morgan fingerprint density at radius 1 is 1.02 bits per heavy atom. The van der Waals surface area contributed by atoms with Crippen LogP contribution in [0.25, 0.3) is 6.08 Å². The summed E-state index contributed by atoms with van der Waals surface area (Å²) in [5.74, 6) is -3.24. The summed E-state index contributed by atoms with van der Waals surface area (Å²) in [5, 5.41) is 13.7. The molecule has 300 valence electrons. The van der Waals surface area contributed by atoms with Gasteiger partial charge >= 0.3 is 18.1 Å². The van der Waals surface area contributed by atoms with Gasteiger partial charge in [-0.2, -0.15) is 18.2 Å². The molecule has 2 amide bonds. The van der Waals surface area contributed by atoms with Crippen molar-refractivity contribution >= 4 is 29.8 Å². The van der Waals surface area contributed by atoms with E-state index >= 15 is 4.79 Å². The number of hydroxylamine groups is 2. The summed E-state index contributed by atoms with van der Waals surface area (Å²) in [7, 11) is 1.55. The van der Waals surface area contributed by atoms with Gasteiger partial charge in [0.25, 0.3) is 0 Å². The number of likely N-dealkylation sites (N-methyl/N-ethyl adjacent to an activating group) is 1. The Hall–Kier alpha value is -4.35. The number of carbonyl (C=O) groups is 4.